The van der Waals surface area contributed by atoms with Crippen LogP contribution in [0.5, 0.6) is 0 Å². The molecule has 236 valence electrons. The molecular weight excluding hydrogens is 588 g/mol. The van der Waals surface area contributed by atoms with E-state index in [0.29, 0.717) is 49.7 Å². The van der Waals surface area contributed by atoms with Gasteiger partial charge in [-0.3, -0.25) is 14.4 Å². The maximum absolute atomic E-state index is 14.0. The second-order valence-electron chi connectivity index (χ2n) is 11.4. The van der Waals surface area contributed by atoms with Crippen molar-refractivity contribution in [1.29, 1.82) is 0 Å². The zero-order valence-electron chi connectivity index (χ0n) is 25.9. The van der Waals surface area contributed by atoms with E-state index in [1.165, 1.54) is 0 Å². The van der Waals surface area contributed by atoms with Crippen LogP contribution in [0, 0.1) is 5.92 Å². The van der Waals surface area contributed by atoms with Gasteiger partial charge in [0.25, 0.3) is 5.91 Å². The highest BCUT2D eigenvalue weighted by Gasteiger charge is 2.30. The maximum Gasteiger partial charge on any atom is 0.253 e. The summed E-state index contributed by atoms with van der Waals surface area (Å²) in [4.78, 5) is 47.3. The van der Waals surface area contributed by atoms with Crippen LogP contribution in [0.4, 0.5) is 0 Å². The largest absolute Gasteiger partial charge is 0.344 e. The van der Waals surface area contributed by atoms with Crippen molar-refractivity contribution in [2.24, 2.45) is 5.92 Å². The fourth-order valence-electron chi connectivity index (χ4n) is 5.36. The number of nitrogens with one attached hydrogen (secondary N) is 2. The molecule has 0 unspecified atom stereocenters. The van der Waals surface area contributed by atoms with Crippen molar-refractivity contribution >= 4 is 29.5 Å². The predicted molar refractivity (Wildman–Crippen MR) is 175 cm³/mol. The number of carbonyl (C=O) groups is 3. The van der Waals surface area contributed by atoms with E-state index >= 15 is 0 Å². The lowest BCUT2D eigenvalue weighted by atomic mass is 10.0. The van der Waals surface area contributed by atoms with Gasteiger partial charge in [0.1, 0.15) is 6.04 Å². The Labute approximate surface area is 267 Å². The number of nitrogens with zero attached hydrogens (tertiary/aromatic N) is 6. The number of aromatic nitrogens is 5. The first-order valence-electron chi connectivity index (χ1n) is 15.3. The number of fused-ring (bicyclic) bond motifs is 1. The topological polar surface area (TPSA) is 127 Å². The van der Waals surface area contributed by atoms with Gasteiger partial charge in [-0.25, -0.2) is 14.3 Å². The molecule has 1 aliphatic rings. The van der Waals surface area contributed by atoms with Crippen LogP contribution < -0.4 is 10.6 Å². The molecule has 4 aromatic rings. The van der Waals surface area contributed by atoms with Gasteiger partial charge in [0, 0.05) is 43.0 Å². The summed E-state index contributed by atoms with van der Waals surface area (Å²) in [5.41, 5.74) is 2.17. The van der Waals surface area contributed by atoms with E-state index in [9.17, 15) is 14.4 Å². The van der Waals surface area contributed by atoms with Crippen molar-refractivity contribution in [3.63, 3.8) is 0 Å². The number of benzene rings is 2. The van der Waals surface area contributed by atoms with Crippen LogP contribution in [0.25, 0.3) is 17.1 Å². The van der Waals surface area contributed by atoms with Gasteiger partial charge >= 0.3 is 0 Å². The minimum absolute atomic E-state index is 0.0203. The molecule has 5 rings (SSSR count). The van der Waals surface area contributed by atoms with E-state index in [-0.39, 0.29) is 30.1 Å². The van der Waals surface area contributed by atoms with Crippen molar-refractivity contribution in [1.82, 2.24) is 40.1 Å². The number of hydrogen-bond donors (Lipinski definition) is 2. The van der Waals surface area contributed by atoms with E-state index in [4.69, 9.17) is 10.1 Å². The number of hydrogen-bond acceptors (Lipinski definition) is 7. The van der Waals surface area contributed by atoms with Gasteiger partial charge < -0.3 is 15.5 Å². The molecule has 2 atom stereocenters. The van der Waals surface area contributed by atoms with Crippen molar-refractivity contribution in [3.8, 4) is 17.1 Å². The summed E-state index contributed by atoms with van der Waals surface area (Å²) >= 11 is 1.62. The van der Waals surface area contributed by atoms with Crippen molar-refractivity contribution < 1.29 is 14.4 Å². The van der Waals surface area contributed by atoms with Gasteiger partial charge in [0.15, 0.2) is 11.6 Å². The van der Waals surface area contributed by atoms with E-state index < -0.39 is 12.1 Å². The first-order chi connectivity index (χ1) is 21.8. The first-order valence-corrected chi connectivity index (χ1v) is 16.7. The SMILES string of the molecule is CSCC[C@@H]1NC(=O)CCCN(C(=O)c2cccc(-n3cccn3)c2)CCn2nc(-c3ccccc3)nc2[C@@H](C(C)C)NC1=O. The molecule has 45 heavy (non-hydrogen) atoms. The second-order valence-corrected chi connectivity index (χ2v) is 12.4. The fourth-order valence-corrected chi connectivity index (χ4v) is 5.83. The first kappa shape index (κ1) is 32.0. The summed E-state index contributed by atoms with van der Waals surface area (Å²) in [5, 5.41) is 15.3. The Balaban J connectivity index is 1.50. The lowest BCUT2D eigenvalue weighted by Gasteiger charge is -2.28. The van der Waals surface area contributed by atoms with E-state index in [2.05, 4.69) is 15.7 Å². The molecule has 0 fully saturated rings. The Bertz CT molecular complexity index is 1590. The lowest BCUT2D eigenvalue weighted by Crippen LogP contribution is -2.49. The molecule has 0 saturated heterocycles. The van der Waals surface area contributed by atoms with Crippen molar-refractivity contribution in [3.05, 3.63) is 84.4 Å². The molecule has 2 N–H and O–H groups in total. The lowest BCUT2D eigenvalue weighted by molar-refractivity contribution is -0.129. The number of thioether (sulfide) groups is 1. The molecule has 0 radical (unpaired) electrons. The standard InChI is InChI=1S/C33H40N8O3S/c1-23(2)29-31-37-30(24-10-5-4-6-11-24)38-41(31)20-19-39(17-8-14-28(42)35-27(15-21-45-3)32(43)36-29)33(44)25-12-7-13-26(22-25)40-18-9-16-34-40/h4-7,9-13,16,18,22-23,27,29H,8,14-15,17,19-21H2,1-3H3,(H,35,42)(H,36,43)/t27-,29+/m0/s1. The molecule has 0 aliphatic carbocycles. The monoisotopic (exact) mass is 628 g/mol. The van der Waals surface area contributed by atoms with Crippen LogP contribution in [0.2, 0.25) is 0 Å². The molecule has 1 aliphatic heterocycles. The molecule has 12 heteroatoms. The highest BCUT2D eigenvalue weighted by atomic mass is 32.2. The third kappa shape index (κ3) is 7.99. The van der Waals surface area contributed by atoms with Crippen LogP contribution in [-0.2, 0) is 16.1 Å². The molecule has 11 nitrogen and oxygen atoms in total. The minimum atomic E-state index is -0.679. The Morgan fingerprint density at radius 1 is 1.02 bits per heavy atom. The average molecular weight is 629 g/mol. The van der Waals surface area contributed by atoms with Crippen LogP contribution in [0.15, 0.2) is 73.1 Å². The van der Waals surface area contributed by atoms with Crippen LogP contribution in [0.3, 0.4) is 0 Å². The summed E-state index contributed by atoms with van der Waals surface area (Å²) < 4.78 is 3.53. The molecule has 0 bridgehead atoms. The number of amides is 3. The summed E-state index contributed by atoms with van der Waals surface area (Å²) in [6.07, 6.45) is 6.64. The Kier molecular flexibility index (Phi) is 10.7. The van der Waals surface area contributed by atoms with Crippen molar-refractivity contribution in [2.45, 2.75) is 51.7 Å². The number of rotatable bonds is 7. The summed E-state index contributed by atoms with van der Waals surface area (Å²) in [6.45, 7) is 5.11. The van der Waals surface area contributed by atoms with Gasteiger partial charge in [0.05, 0.1) is 18.3 Å². The summed E-state index contributed by atoms with van der Waals surface area (Å²) in [7, 11) is 0. The third-order valence-electron chi connectivity index (χ3n) is 7.80. The molecule has 2 aromatic carbocycles. The van der Waals surface area contributed by atoms with Gasteiger partial charge in [-0.1, -0.05) is 50.2 Å². The highest BCUT2D eigenvalue weighted by Crippen LogP contribution is 2.25. The summed E-state index contributed by atoms with van der Waals surface area (Å²) in [6, 6.07) is 17.8. The third-order valence-corrected chi connectivity index (χ3v) is 8.44. The minimum Gasteiger partial charge on any atom is -0.344 e. The van der Waals surface area contributed by atoms with Crippen molar-refractivity contribution in [2.75, 3.05) is 25.1 Å². The van der Waals surface area contributed by atoms with Crippen LogP contribution in [-0.4, -0.2) is 78.3 Å². The van der Waals surface area contributed by atoms with E-state index in [0.717, 1.165) is 17.0 Å². The quantitative estimate of drug-likeness (QED) is 0.315. The second kappa shape index (κ2) is 15.0. The van der Waals surface area contributed by atoms with E-state index in [1.54, 1.807) is 33.6 Å². The van der Waals surface area contributed by atoms with E-state index in [1.807, 2.05) is 85.6 Å². The zero-order chi connectivity index (χ0) is 31.8. The van der Waals surface area contributed by atoms with Gasteiger partial charge in [-0.05, 0) is 55.0 Å². The Morgan fingerprint density at radius 3 is 2.58 bits per heavy atom. The van der Waals surface area contributed by atoms with Gasteiger partial charge in [-0.2, -0.15) is 22.0 Å². The van der Waals surface area contributed by atoms with Crippen LogP contribution >= 0.6 is 11.8 Å². The van der Waals surface area contributed by atoms with Gasteiger partial charge in [0.2, 0.25) is 11.8 Å². The fraction of sp³-hybridized carbons (Fsp3) is 0.394. The summed E-state index contributed by atoms with van der Waals surface area (Å²) in [5.74, 6) is 1.26. The molecule has 2 aromatic heterocycles. The molecule has 3 heterocycles. The Hall–Kier alpha value is -4.45. The van der Waals surface area contributed by atoms with Crippen LogP contribution in [0.1, 0.15) is 55.3 Å². The molecular formula is C33H40N8O3S. The van der Waals surface area contributed by atoms with Gasteiger partial charge in [-0.15, -0.1) is 0 Å². The molecule has 0 spiro atoms. The smallest absolute Gasteiger partial charge is 0.253 e. The highest BCUT2D eigenvalue weighted by molar-refractivity contribution is 7.98. The zero-order valence-corrected chi connectivity index (χ0v) is 26.7. The Morgan fingerprint density at radius 2 is 1.84 bits per heavy atom. The maximum atomic E-state index is 14.0. The molecule has 3 amide bonds. The average Bonchev–Trinajstić information content (AvgIpc) is 3.74. The normalized spacial score (nSPS) is 18.2. The molecule has 0 saturated carbocycles. The number of carbonyl (C=O) groups excluding carboxylic acids is 3. The predicted octanol–water partition coefficient (Wildman–Crippen LogP) is 4.12.